The van der Waals surface area contributed by atoms with Crippen molar-refractivity contribution in [2.24, 2.45) is 11.8 Å². The molecule has 0 amide bonds. The number of carboxylic acids is 1. The van der Waals surface area contributed by atoms with Crippen molar-refractivity contribution in [3.05, 3.63) is 0 Å². The third-order valence-corrected chi connectivity index (χ3v) is 4.20. The fourth-order valence-corrected chi connectivity index (χ4v) is 3.06. The summed E-state index contributed by atoms with van der Waals surface area (Å²) in [5.74, 6) is 0.0198. The Morgan fingerprint density at radius 1 is 1.29 bits per heavy atom. The molecule has 0 radical (unpaired) electrons. The van der Waals surface area contributed by atoms with E-state index in [9.17, 15) is 9.90 Å². The number of aliphatic carboxylic acids is 1. The van der Waals surface area contributed by atoms with Crippen LogP contribution in [0, 0.1) is 11.8 Å². The van der Waals surface area contributed by atoms with Crippen molar-refractivity contribution in [1.29, 1.82) is 0 Å². The second-order valence-electron chi connectivity index (χ2n) is 6.09. The summed E-state index contributed by atoms with van der Waals surface area (Å²) in [6.45, 7) is 5.58. The number of rotatable bonds is 6. The number of nitrogens with zero attached hydrogens (tertiary/aromatic N) is 1. The highest BCUT2D eigenvalue weighted by Gasteiger charge is 2.42. The average molecular weight is 239 g/mol. The lowest BCUT2D eigenvalue weighted by Gasteiger charge is -2.32. The molecule has 2 atom stereocenters. The lowest BCUT2D eigenvalue weighted by atomic mass is 10.0. The molecule has 17 heavy (non-hydrogen) atoms. The minimum absolute atomic E-state index is 0.109. The molecule has 2 aliphatic rings. The molecule has 2 saturated carbocycles. The smallest absolute Gasteiger partial charge is 0.308 e. The van der Waals surface area contributed by atoms with Gasteiger partial charge in [-0.05, 0) is 44.6 Å². The van der Waals surface area contributed by atoms with Crippen LogP contribution >= 0.6 is 0 Å². The number of carbonyl (C=O) groups is 1. The molecule has 2 fully saturated rings. The lowest BCUT2D eigenvalue weighted by molar-refractivity contribution is -0.143. The van der Waals surface area contributed by atoms with Crippen molar-refractivity contribution in [2.45, 2.75) is 64.5 Å². The average Bonchev–Trinajstić information content (AvgIpc) is 2.95. The Kier molecular flexibility index (Phi) is 4.08. The van der Waals surface area contributed by atoms with Gasteiger partial charge in [0.15, 0.2) is 0 Å². The second kappa shape index (κ2) is 5.38. The summed E-state index contributed by atoms with van der Waals surface area (Å²) in [5, 5.41) is 9.29. The van der Waals surface area contributed by atoms with Crippen LogP contribution in [0.25, 0.3) is 0 Å². The van der Waals surface area contributed by atoms with Gasteiger partial charge in [0.25, 0.3) is 0 Å². The van der Waals surface area contributed by atoms with Crippen molar-refractivity contribution in [3.8, 4) is 0 Å². The zero-order valence-corrected chi connectivity index (χ0v) is 11.1. The van der Waals surface area contributed by atoms with Gasteiger partial charge < -0.3 is 5.11 Å². The third-order valence-electron chi connectivity index (χ3n) is 4.20. The first-order chi connectivity index (χ1) is 8.09. The second-order valence-corrected chi connectivity index (χ2v) is 6.09. The molecule has 2 unspecified atom stereocenters. The van der Waals surface area contributed by atoms with Crippen molar-refractivity contribution in [2.75, 3.05) is 6.54 Å². The minimum atomic E-state index is -0.581. The van der Waals surface area contributed by atoms with Gasteiger partial charge in [0.1, 0.15) is 0 Å². The highest BCUT2D eigenvalue weighted by molar-refractivity contribution is 5.71. The largest absolute Gasteiger partial charge is 0.481 e. The molecule has 0 heterocycles. The van der Waals surface area contributed by atoms with E-state index >= 15 is 0 Å². The zero-order valence-electron chi connectivity index (χ0n) is 11.1. The molecular weight excluding hydrogens is 214 g/mol. The van der Waals surface area contributed by atoms with E-state index in [0.29, 0.717) is 18.0 Å². The summed E-state index contributed by atoms with van der Waals surface area (Å²) in [6, 6.07) is 1.01. The molecule has 0 aromatic rings. The van der Waals surface area contributed by atoms with Crippen LogP contribution in [0.2, 0.25) is 0 Å². The standard InChI is InChI=1S/C14H25NO2/c1-10(2)8-9-15(11-6-7-11)13-5-3-4-12(13)14(16)17/h10-13H,3-9H2,1-2H3,(H,16,17). The van der Waals surface area contributed by atoms with Crippen LogP contribution in [-0.4, -0.2) is 34.6 Å². The predicted molar refractivity (Wildman–Crippen MR) is 67.9 cm³/mol. The van der Waals surface area contributed by atoms with E-state index in [2.05, 4.69) is 18.7 Å². The van der Waals surface area contributed by atoms with Gasteiger partial charge in [-0.3, -0.25) is 9.69 Å². The Bertz CT molecular complexity index is 273. The highest BCUT2D eigenvalue weighted by atomic mass is 16.4. The minimum Gasteiger partial charge on any atom is -0.481 e. The van der Waals surface area contributed by atoms with Gasteiger partial charge in [0, 0.05) is 12.1 Å². The van der Waals surface area contributed by atoms with E-state index < -0.39 is 5.97 Å². The van der Waals surface area contributed by atoms with Gasteiger partial charge in [-0.1, -0.05) is 20.3 Å². The Hall–Kier alpha value is -0.570. The quantitative estimate of drug-likeness (QED) is 0.775. The van der Waals surface area contributed by atoms with Gasteiger partial charge in [0.2, 0.25) is 0 Å². The highest BCUT2D eigenvalue weighted by Crippen LogP contribution is 2.37. The molecule has 0 spiro atoms. The van der Waals surface area contributed by atoms with E-state index in [-0.39, 0.29) is 5.92 Å². The van der Waals surface area contributed by atoms with Crippen LogP contribution in [0.4, 0.5) is 0 Å². The van der Waals surface area contributed by atoms with Crippen molar-refractivity contribution >= 4 is 5.97 Å². The van der Waals surface area contributed by atoms with Crippen molar-refractivity contribution in [1.82, 2.24) is 4.90 Å². The first-order valence-corrected chi connectivity index (χ1v) is 7.08. The molecule has 3 nitrogen and oxygen atoms in total. The first-order valence-electron chi connectivity index (χ1n) is 7.08. The monoisotopic (exact) mass is 239 g/mol. The fourth-order valence-electron chi connectivity index (χ4n) is 3.06. The van der Waals surface area contributed by atoms with Crippen LogP contribution in [0.5, 0.6) is 0 Å². The van der Waals surface area contributed by atoms with Gasteiger partial charge in [-0.25, -0.2) is 0 Å². The lowest BCUT2D eigenvalue weighted by Crippen LogP contribution is -2.42. The summed E-state index contributed by atoms with van der Waals surface area (Å²) in [6.07, 6.45) is 6.81. The van der Waals surface area contributed by atoms with E-state index in [4.69, 9.17) is 0 Å². The van der Waals surface area contributed by atoms with Crippen molar-refractivity contribution in [3.63, 3.8) is 0 Å². The molecule has 2 rings (SSSR count). The predicted octanol–water partition coefficient (Wildman–Crippen LogP) is 2.75. The van der Waals surface area contributed by atoms with E-state index in [1.807, 2.05) is 0 Å². The maximum absolute atomic E-state index is 11.3. The summed E-state index contributed by atoms with van der Waals surface area (Å²) in [5.41, 5.74) is 0. The maximum Gasteiger partial charge on any atom is 0.308 e. The van der Waals surface area contributed by atoms with Gasteiger partial charge in [0.05, 0.1) is 5.92 Å². The topological polar surface area (TPSA) is 40.5 Å². The maximum atomic E-state index is 11.3. The third kappa shape index (κ3) is 3.21. The molecule has 1 N–H and O–H groups in total. The molecular formula is C14H25NO2. The molecule has 0 aliphatic heterocycles. The molecule has 0 saturated heterocycles. The number of hydrogen-bond donors (Lipinski definition) is 1. The molecule has 98 valence electrons. The van der Waals surface area contributed by atoms with Crippen LogP contribution < -0.4 is 0 Å². The Labute approximate surface area is 104 Å². The van der Waals surface area contributed by atoms with Gasteiger partial charge in [-0.15, -0.1) is 0 Å². The van der Waals surface area contributed by atoms with Gasteiger partial charge >= 0.3 is 5.97 Å². The first kappa shape index (κ1) is 12.9. The summed E-state index contributed by atoms with van der Waals surface area (Å²) >= 11 is 0. The van der Waals surface area contributed by atoms with E-state index in [0.717, 1.165) is 25.8 Å². The van der Waals surface area contributed by atoms with Crippen LogP contribution in [0.3, 0.4) is 0 Å². The van der Waals surface area contributed by atoms with Crippen LogP contribution in [-0.2, 0) is 4.79 Å². The summed E-state index contributed by atoms with van der Waals surface area (Å²) in [4.78, 5) is 13.8. The molecule has 2 aliphatic carbocycles. The SMILES string of the molecule is CC(C)CCN(C1CC1)C1CCCC1C(=O)O. The van der Waals surface area contributed by atoms with Crippen LogP contribution in [0.15, 0.2) is 0 Å². The molecule has 3 heteroatoms. The normalized spacial score (nSPS) is 29.2. The van der Waals surface area contributed by atoms with Crippen LogP contribution in [0.1, 0.15) is 52.4 Å². The Balaban J connectivity index is 1.97. The number of hydrogen-bond acceptors (Lipinski definition) is 2. The van der Waals surface area contributed by atoms with E-state index in [1.54, 1.807) is 0 Å². The summed E-state index contributed by atoms with van der Waals surface area (Å²) in [7, 11) is 0. The van der Waals surface area contributed by atoms with Crippen molar-refractivity contribution < 1.29 is 9.90 Å². The fraction of sp³-hybridized carbons (Fsp3) is 0.929. The Morgan fingerprint density at radius 3 is 2.53 bits per heavy atom. The molecule has 0 aromatic carbocycles. The Morgan fingerprint density at radius 2 is 2.00 bits per heavy atom. The summed E-state index contributed by atoms with van der Waals surface area (Å²) < 4.78 is 0. The molecule has 0 aromatic heterocycles. The zero-order chi connectivity index (χ0) is 12.4. The number of carboxylic acid groups (broad SMARTS) is 1. The molecule has 0 bridgehead atoms. The van der Waals surface area contributed by atoms with Gasteiger partial charge in [-0.2, -0.15) is 0 Å². The van der Waals surface area contributed by atoms with E-state index in [1.165, 1.54) is 19.3 Å².